The average Bonchev–Trinajstić information content (AvgIpc) is 2.24. The minimum absolute atomic E-state index is 0.119. The molecule has 0 spiro atoms. The lowest BCUT2D eigenvalue weighted by molar-refractivity contribution is 0.565. The largest absolute Gasteiger partial charge is 0.129 e. The van der Waals surface area contributed by atoms with Crippen LogP contribution in [0.3, 0.4) is 0 Å². The van der Waals surface area contributed by atoms with Crippen molar-refractivity contribution in [2.75, 3.05) is 6.26 Å². The normalized spacial score (nSPS) is 12.6. The third-order valence-electron chi connectivity index (χ3n) is 3.30. The minimum atomic E-state index is 0.119. The maximum atomic E-state index is 4.28. The quantitative estimate of drug-likeness (QED) is 0.610. The number of thioether (sulfide) groups is 1. The number of allylic oxidation sites excluding steroid dienone is 1. The summed E-state index contributed by atoms with van der Waals surface area (Å²) in [5.74, 6) is 0. The maximum absolute atomic E-state index is 4.28. The summed E-state index contributed by atoms with van der Waals surface area (Å²) < 4.78 is 0. The van der Waals surface area contributed by atoms with Crippen molar-refractivity contribution in [2.45, 2.75) is 51.9 Å². The van der Waals surface area contributed by atoms with Gasteiger partial charge in [0, 0.05) is 4.90 Å². The van der Waals surface area contributed by atoms with Gasteiger partial charge in [-0.1, -0.05) is 60.3 Å². The number of hydrogen-bond donors (Lipinski definition) is 0. The smallest absolute Gasteiger partial charge is 0.0147 e. The van der Waals surface area contributed by atoms with E-state index in [1.54, 1.807) is 0 Å². The molecule has 18 heavy (non-hydrogen) atoms. The van der Waals surface area contributed by atoms with Crippen molar-refractivity contribution in [3.05, 3.63) is 35.9 Å². The van der Waals surface area contributed by atoms with Crippen LogP contribution >= 0.6 is 11.8 Å². The van der Waals surface area contributed by atoms with Crippen LogP contribution in [0.2, 0.25) is 0 Å². The molecule has 0 aromatic heterocycles. The molecule has 1 aromatic rings. The molecule has 0 saturated heterocycles. The molecule has 0 atom stereocenters. The van der Waals surface area contributed by atoms with Crippen LogP contribution in [0.1, 0.15) is 52.7 Å². The van der Waals surface area contributed by atoms with Gasteiger partial charge in [0.25, 0.3) is 0 Å². The lowest BCUT2D eigenvalue weighted by Gasteiger charge is -2.26. The average molecular weight is 262 g/mol. The summed E-state index contributed by atoms with van der Waals surface area (Å²) in [6.07, 6.45) is 2.14. The zero-order valence-corrected chi connectivity index (χ0v) is 13.7. The summed E-state index contributed by atoms with van der Waals surface area (Å²) in [5, 5.41) is 0. The highest BCUT2D eigenvalue weighted by atomic mass is 32.2. The van der Waals surface area contributed by atoms with Crippen molar-refractivity contribution in [1.29, 1.82) is 0 Å². The first-order valence-corrected chi connectivity index (χ1v) is 7.68. The Morgan fingerprint density at radius 2 is 1.61 bits per heavy atom. The van der Waals surface area contributed by atoms with Gasteiger partial charge in [-0.05, 0) is 39.9 Å². The van der Waals surface area contributed by atoms with Crippen LogP contribution < -0.4 is 0 Å². The van der Waals surface area contributed by atoms with Crippen LogP contribution in [0.5, 0.6) is 0 Å². The highest BCUT2D eigenvalue weighted by Gasteiger charge is 2.21. The van der Waals surface area contributed by atoms with E-state index >= 15 is 0 Å². The van der Waals surface area contributed by atoms with E-state index in [9.17, 15) is 0 Å². The van der Waals surface area contributed by atoms with Gasteiger partial charge in [-0.3, -0.25) is 0 Å². The van der Waals surface area contributed by atoms with Gasteiger partial charge in [0.1, 0.15) is 0 Å². The SMILES string of the molecule is C=C(c1ccc(C(C)(C)C)cc1SC)C(C)(C)C. The van der Waals surface area contributed by atoms with Gasteiger partial charge >= 0.3 is 0 Å². The summed E-state index contributed by atoms with van der Waals surface area (Å²) in [6, 6.07) is 6.79. The van der Waals surface area contributed by atoms with Gasteiger partial charge in [-0.15, -0.1) is 11.8 Å². The van der Waals surface area contributed by atoms with E-state index in [0.717, 1.165) is 0 Å². The molecule has 0 radical (unpaired) electrons. The monoisotopic (exact) mass is 262 g/mol. The first kappa shape index (κ1) is 15.4. The van der Waals surface area contributed by atoms with Crippen molar-refractivity contribution in [2.24, 2.45) is 5.41 Å². The molecule has 100 valence electrons. The Balaban J connectivity index is 3.29. The Morgan fingerprint density at radius 1 is 1.06 bits per heavy atom. The van der Waals surface area contributed by atoms with Crippen LogP contribution in [-0.4, -0.2) is 6.26 Å². The van der Waals surface area contributed by atoms with Crippen molar-refractivity contribution in [3.8, 4) is 0 Å². The minimum Gasteiger partial charge on any atom is -0.129 e. The Kier molecular flexibility index (Phi) is 4.38. The molecule has 0 aliphatic carbocycles. The predicted octanol–water partition coefficient (Wildman–Crippen LogP) is 5.77. The summed E-state index contributed by atoms with van der Waals surface area (Å²) in [5.41, 5.74) is 4.22. The van der Waals surface area contributed by atoms with E-state index in [2.05, 4.69) is 72.6 Å². The van der Waals surface area contributed by atoms with E-state index in [-0.39, 0.29) is 10.8 Å². The van der Waals surface area contributed by atoms with Crippen LogP contribution in [0, 0.1) is 5.41 Å². The van der Waals surface area contributed by atoms with Crippen molar-refractivity contribution in [1.82, 2.24) is 0 Å². The van der Waals surface area contributed by atoms with Gasteiger partial charge in [-0.2, -0.15) is 0 Å². The highest BCUT2D eigenvalue weighted by Crippen LogP contribution is 2.38. The summed E-state index contributed by atoms with van der Waals surface area (Å²) in [4.78, 5) is 1.34. The molecule has 0 aliphatic rings. The summed E-state index contributed by atoms with van der Waals surface area (Å²) in [6.45, 7) is 17.7. The van der Waals surface area contributed by atoms with Crippen LogP contribution in [0.4, 0.5) is 0 Å². The molecule has 0 saturated carbocycles. The molecule has 0 nitrogen and oxygen atoms in total. The van der Waals surface area contributed by atoms with Crippen molar-refractivity contribution >= 4 is 17.3 Å². The first-order valence-electron chi connectivity index (χ1n) is 6.45. The molecule has 0 heterocycles. The number of hydrogen-bond acceptors (Lipinski definition) is 1. The molecule has 0 unspecified atom stereocenters. The number of rotatable bonds is 2. The van der Waals surface area contributed by atoms with E-state index in [1.165, 1.54) is 21.6 Å². The van der Waals surface area contributed by atoms with E-state index < -0.39 is 0 Å². The first-order chi connectivity index (χ1) is 8.07. The Labute approximate surface area is 117 Å². The Morgan fingerprint density at radius 3 is 2.00 bits per heavy atom. The Hall–Kier alpha value is -0.690. The van der Waals surface area contributed by atoms with Crippen LogP contribution in [-0.2, 0) is 5.41 Å². The molecule has 1 aromatic carbocycles. The van der Waals surface area contributed by atoms with Gasteiger partial charge < -0.3 is 0 Å². The summed E-state index contributed by atoms with van der Waals surface area (Å²) in [7, 11) is 0. The Bertz CT molecular complexity index is 442. The molecule has 1 rings (SSSR count). The topological polar surface area (TPSA) is 0 Å². The zero-order chi connectivity index (χ0) is 14.1. The second kappa shape index (κ2) is 5.13. The highest BCUT2D eigenvalue weighted by molar-refractivity contribution is 7.98. The second-order valence-corrected chi connectivity index (χ2v) is 7.74. The predicted molar refractivity (Wildman–Crippen MR) is 85.4 cm³/mol. The fourth-order valence-corrected chi connectivity index (χ4v) is 2.47. The second-order valence-electron chi connectivity index (χ2n) is 6.89. The molecule has 0 bridgehead atoms. The van der Waals surface area contributed by atoms with Gasteiger partial charge in [-0.25, -0.2) is 0 Å². The standard InChI is InChI=1S/C17H26S/c1-12(16(2,3)4)14-10-9-13(17(5,6)7)11-15(14)18-8/h9-11H,1H2,2-8H3. The molecule has 0 N–H and O–H groups in total. The van der Waals surface area contributed by atoms with Crippen molar-refractivity contribution < 1.29 is 0 Å². The molecule has 1 heteroatoms. The molecule has 0 aliphatic heterocycles. The van der Waals surface area contributed by atoms with E-state index in [0.29, 0.717) is 0 Å². The molecular formula is C17H26S. The van der Waals surface area contributed by atoms with Crippen LogP contribution in [0.15, 0.2) is 29.7 Å². The third-order valence-corrected chi connectivity index (χ3v) is 4.08. The molecular weight excluding hydrogens is 236 g/mol. The van der Waals surface area contributed by atoms with Crippen LogP contribution in [0.25, 0.3) is 5.57 Å². The number of benzene rings is 1. The van der Waals surface area contributed by atoms with Gasteiger partial charge in [0.05, 0.1) is 0 Å². The lowest BCUT2D eigenvalue weighted by Crippen LogP contribution is -2.12. The van der Waals surface area contributed by atoms with Crippen molar-refractivity contribution in [3.63, 3.8) is 0 Å². The molecule has 0 amide bonds. The van der Waals surface area contributed by atoms with E-state index in [4.69, 9.17) is 0 Å². The third kappa shape index (κ3) is 3.41. The molecule has 0 fully saturated rings. The van der Waals surface area contributed by atoms with Gasteiger partial charge in [0.2, 0.25) is 0 Å². The van der Waals surface area contributed by atoms with Gasteiger partial charge in [0.15, 0.2) is 0 Å². The lowest BCUT2D eigenvalue weighted by atomic mass is 9.81. The summed E-state index contributed by atoms with van der Waals surface area (Å²) >= 11 is 1.81. The maximum Gasteiger partial charge on any atom is 0.0147 e. The zero-order valence-electron chi connectivity index (χ0n) is 12.8. The fourth-order valence-electron chi connectivity index (χ4n) is 1.81. The van der Waals surface area contributed by atoms with E-state index in [1.807, 2.05) is 11.8 Å². The fraction of sp³-hybridized carbons (Fsp3) is 0.529.